The molecule has 7 heteroatoms. The summed E-state index contributed by atoms with van der Waals surface area (Å²) in [6.45, 7) is 1.63. The van der Waals surface area contributed by atoms with Gasteiger partial charge in [0.25, 0.3) is 0 Å². The second-order valence-corrected chi connectivity index (χ2v) is 10.5. The van der Waals surface area contributed by atoms with Crippen LogP contribution in [0.15, 0.2) is 72.8 Å². The number of thiophene rings is 1. The van der Waals surface area contributed by atoms with Crippen molar-refractivity contribution in [1.29, 1.82) is 0 Å². The van der Waals surface area contributed by atoms with Crippen LogP contribution in [0.25, 0.3) is 21.6 Å². The van der Waals surface area contributed by atoms with Gasteiger partial charge in [-0.1, -0.05) is 66.2 Å². The molecule has 1 aromatic heterocycles. The van der Waals surface area contributed by atoms with Crippen LogP contribution in [0.5, 0.6) is 5.75 Å². The number of nitrogens with one attached hydrogen (secondary N) is 1. The summed E-state index contributed by atoms with van der Waals surface area (Å²) in [7, 11) is 1.64. The van der Waals surface area contributed by atoms with Crippen LogP contribution in [-0.4, -0.2) is 13.2 Å². The first-order valence-electron chi connectivity index (χ1n) is 11.7. The predicted octanol–water partition coefficient (Wildman–Crippen LogP) is 9.07. The lowest BCUT2D eigenvalue weighted by Crippen LogP contribution is -2.16. The molecule has 1 aliphatic carbocycles. The monoisotopic (exact) mass is 521 g/mol. The van der Waals surface area contributed by atoms with Crippen molar-refractivity contribution in [3.63, 3.8) is 0 Å². The zero-order valence-corrected chi connectivity index (χ0v) is 21.5. The van der Waals surface area contributed by atoms with Gasteiger partial charge in [-0.05, 0) is 60.6 Å². The van der Waals surface area contributed by atoms with E-state index >= 15 is 0 Å². The minimum Gasteiger partial charge on any atom is -0.496 e. The summed E-state index contributed by atoms with van der Waals surface area (Å²) in [4.78, 5) is 13.4. The minimum atomic E-state index is -0.755. The molecule has 36 heavy (non-hydrogen) atoms. The van der Waals surface area contributed by atoms with E-state index in [1.165, 1.54) is 35.8 Å². The van der Waals surface area contributed by atoms with Gasteiger partial charge in [0.05, 0.1) is 22.0 Å². The largest absolute Gasteiger partial charge is 0.496 e. The average Bonchev–Trinajstić information content (AvgIpc) is 3.66. The first-order chi connectivity index (χ1) is 17.4. The molecule has 1 fully saturated rings. The molecule has 0 bridgehead atoms. The van der Waals surface area contributed by atoms with Gasteiger partial charge in [0.15, 0.2) is 0 Å². The Labute approximate surface area is 218 Å². The van der Waals surface area contributed by atoms with Gasteiger partial charge < -0.3 is 9.47 Å². The van der Waals surface area contributed by atoms with Crippen molar-refractivity contribution in [2.24, 2.45) is 0 Å². The molecular weight excluding hydrogens is 497 g/mol. The maximum absolute atomic E-state index is 14.1. The number of ether oxygens (including phenoxy) is 2. The zero-order chi connectivity index (χ0) is 25.2. The number of halogens is 2. The number of rotatable bonds is 7. The first kappa shape index (κ1) is 24.3. The van der Waals surface area contributed by atoms with Crippen molar-refractivity contribution >= 4 is 34.7 Å². The predicted molar refractivity (Wildman–Crippen MR) is 144 cm³/mol. The van der Waals surface area contributed by atoms with E-state index in [0.29, 0.717) is 21.5 Å². The SMILES string of the molecule is COc1cc(-c2sc(Cl)cc2NC(=O)O[C@H](C)c2ccccc2F)ccc1-c1ccc(C2CC2)cc1. The van der Waals surface area contributed by atoms with Gasteiger partial charge in [0.2, 0.25) is 0 Å². The number of amides is 1. The molecule has 5 rings (SSSR count). The molecule has 0 aliphatic heterocycles. The van der Waals surface area contributed by atoms with Gasteiger partial charge in [-0.3, -0.25) is 5.32 Å². The number of anilines is 1. The summed E-state index contributed by atoms with van der Waals surface area (Å²) in [6.07, 6.45) is 1.09. The fourth-order valence-electron chi connectivity index (χ4n) is 4.26. The standard InChI is InChI=1S/C29H25ClFNO3S/c1-17(22-5-3-4-6-24(22)31)35-29(33)32-25-16-27(30)36-28(25)21-13-14-23(26(15-21)34-2)20-11-9-19(10-12-20)18-7-8-18/h3-6,9-18H,7-8H2,1-2H3,(H,32,33)/t17-/m1/s1. The number of benzene rings is 3. The van der Waals surface area contributed by atoms with Gasteiger partial charge in [-0.25, -0.2) is 9.18 Å². The summed E-state index contributed by atoms with van der Waals surface area (Å²) in [6, 6.07) is 22.5. The van der Waals surface area contributed by atoms with Crippen LogP contribution < -0.4 is 10.1 Å². The second kappa shape index (κ2) is 10.3. The Morgan fingerprint density at radius 3 is 2.47 bits per heavy atom. The van der Waals surface area contributed by atoms with Crippen molar-refractivity contribution in [2.75, 3.05) is 12.4 Å². The van der Waals surface area contributed by atoms with Crippen LogP contribution in [-0.2, 0) is 4.74 Å². The third-order valence-electron chi connectivity index (χ3n) is 6.30. The van der Waals surface area contributed by atoms with E-state index in [1.54, 1.807) is 38.3 Å². The zero-order valence-electron chi connectivity index (χ0n) is 19.9. The molecule has 0 unspecified atom stereocenters. The maximum Gasteiger partial charge on any atom is 0.412 e. The molecular formula is C29H25ClFNO3S. The van der Waals surface area contributed by atoms with Crippen LogP contribution in [0.4, 0.5) is 14.9 Å². The average molecular weight is 522 g/mol. The molecule has 3 aromatic carbocycles. The first-order valence-corrected chi connectivity index (χ1v) is 12.9. The molecule has 1 saturated carbocycles. The lowest BCUT2D eigenvalue weighted by Gasteiger charge is -2.15. The number of carbonyl (C=O) groups is 1. The topological polar surface area (TPSA) is 47.6 Å². The molecule has 1 heterocycles. The van der Waals surface area contributed by atoms with E-state index < -0.39 is 18.0 Å². The highest BCUT2D eigenvalue weighted by Crippen LogP contribution is 2.44. The normalized spacial score (nSPS) is 13.8. The van der Waals surface area contributed by atoms with Gasteiger partial charge >= 0.3 is 6.09 Å². The van der Waals surface area contributed by atoms with Crippen LogP contribution in [0.3, 0.4) is 0 Å². The smallest absolute Gasteiger partial charge is 0.412 e. The summed E-state index contributed by atoms with van der Waals surface area (Å²) < 4.78 is 25.7. The summed E-state index contributed by atoms with van der Waals surface area (Å²) in [5.74, 6) is 1.00. The Morgan fingerprint density at radius 2 is 1.78 bits per heavy atom. The molecule has 184 valence electrons. The summed E-state index contributed by atoms with van der Waals surface area (Å²) in [5.41, 5.74) is 5.12. The lowest BCUT2D eigenvalue weighted by atomic mass is 9.99. The Balaban J connectivity index is 1.36. The van der Waals surface area contributed by atoms with Gasteiger partial charge in [0, 0.05) is 11.1 Å². The van der Waals surface area contributed by atoms with Crippen LogP contribution >= 0.6 is 22.9 Å². The molecule has 0 saturated heterocycles. The highest BCUT2D eigenvalue weighted by atomic mass is 35.5. The van der Waals surface area contributed by atoms with Crippen molar-refractivity contribution in [1.82, 2.24) is 0 Å². The van der Waals surface area contributed by atoms with E-state index in [-0.39, 0.29) is 0 Å². The number of methoxy groups -OCH3 is 1. The molecule has 0 spiro atoms. The van der Waals surface area contributed by atoms with Gasteiger partial charge in [-0.2, -0.15) is 0 Å². The van der Waals surface area contributed by atoms with Crippen molar-refractivity contribution in [2.45, 2.75) is 31.8 Å². The third kappa shape index (κ3) is 5.25. The minimum absolute atomic E-state index is 0.307. The highest BCUT2D eigenvalue weighted by molar-refractivity contribution is 7.20. The number of hydrogen-bond acceptors (Lipinski definition) is 4. The molecule has 1 N–H and O–H groups in total. The number of carbonyl (C=O) groups excluding carboxylic acids is 1. The van der Waals surface area contributed by atoms with E-state index in [2.05, 4.69) is 29.6 Å². The van der Waals surface area contributed by atoms with Crippen LogP contribution in [0.2, 0.25) is 4.34 Å². The lowest BCUT2D eigenvalue weighted by molar-refractivity contribution is 0.119. The molecule has 4 aromatic rings. The second-order valence-electron chi connectivity index (χ2n) is 8.80. The van der Waals surface area contributed by atoms with E-state index in [0.717, 1.165) is 27.3 Å². The maximum atomic E-state index is 14.1. The van der Waals surface area contributed by atoms with E-state index in [4.69, 9.17) is 21.1 Å². The Bertz CT molecular complexity index is 1400. The highest BCUT2D eigenvalue weighted by Gasteiger charge is 2.23. The molecule has 4 nitrogen and oxygen atoms in total. The Hall–Kier alpha value is -3.35. The van der Waals surface area contributed by atoms with Gasteiger partial charge in [0.1, 0.15) is 17.7 Å². The van der Waals surface area contributed by atoms with Crippen molar-refractivity contribution < 1.29 is 18.7 Å². The van der Waals surface area contributed by atoms with Crippen molar-refractivity contribution in [3.8, 4) is 27.3 Å². The number of hydrogen-bond donors (Lipinski definition) is 1. The third-order valence-corrected chi connectivity index (χ3v) is 7.61. The quantitative estimate of drug-likeness (QED) is 0.264. The van der Waals surface area contributed by atoms with Gasteiger partial charge in [-0.15, -0.1) is 11.3 Å². The molecule has 1 amide bonds. The summed E-state index contributed by atoms with van der Waals surface area (Å²) in [5, 5.41) is 2.76. The Kier molecular flexibility index (Phi) is 6.99. The fraction of sp³-hybridized carbons (Fsp3) is 0.207. The van der Waals surface area contributed by atoms with Crippen molar-refractivity contribution in [3.05, 3.63) is 94.1 Å². The van der Waals surface area contributed by atoms with Crippen LogP contribution in [0, 0.1) is 5.82 Å². The molecule has 1 aliphatic rings. The van der Waals surface area contributed by atoms with Crippen LogP contribution in [0.1, 0.15) is 42.9 Å². The molecule has 0 radical (unpaired) electrons. The Morgan fingerprint density at radius 1 is 1.06 bits per heavy atom. The van der Waals surface area contributed by atoms with E-state index in [9.17, 15) is 9.18 Å². The fourth-order valence-corrected chi connectivity index (χ4v) is 5.44. The van der Waals surface area contributed by atoms with E-state index in [1.807, 2.05) is 18.2 Å². The summed E-state index contributed by atoms with van der Waals surface area (Å²) >= 11 is 7.65. The molecule has 1 atom stereocenters.